The Labute approximate surface area is 179 Å². The smallest absolute Gasteiger partial charge is 0.323 e. The maximum Gasteiger partial charge on any atom is 0.323 e. The fraction of sp³-hybridized carbons (Fsp3) is 0.652. The van der Waals surface area contributed by atoms with Crippen molar-refractivity contribution in [1.82, 2.24) is 5.32 Å². The van der Waals surface area contributed by atoms with Crippen LogP contribution in [0.25, 0.3) is 0 Å². The summed E-state index contributed by atoms with van der Waals surface area (Å²) in [6.07, 6.45) is 6.47. The van der Waals surface area contributed by atoms with Crippen LogP contribution in [0.15, 0.2) is 25.3 Å². The van der Waals surface area contributed by atoms with Crippen LogP contribution in [0.2, 0.25) is 0 Å². The molecule has 2 N–H and O–H groups in total. The van der Waals surface area contributed by atoms with Gasteiger partial charge in [0.2, 0.25) is 0 Å². The van der Waals surface area contributed by atoms with Crippen LogP contribution in [0, 0.1) is 5.92 Å². The van der Waals surface area contributed by atoms with Gasteiger partial charge in [0.25, 0.3) is 0 Å². The van der Waals surface area contributed by atoms with Crippen LogP contribution >= 0.6 is 0 Å². The molecule has 1 fully saturated rings. The topological polar surface area (TPSA) is 110 Å². The van der Waals surface area contributed by atoms with Gasteiger partial charge in [0.15, 0.2) is 0 Å². The molecule has 0 bridgehead atoms. The van der Waals surface area contributed by atoms with Gasteiger partial charge < -0.3 is 15.2 Å². The Balaban J connectivity index is 0.000000561. The number of rotatable bonds is 11. The third-order valence-electron chi connectivity index (χ3n) is 4.45. The monoisotopic (exact) mass is 423 g/mol. The molecule has 1 saturated heterocycles. The van der Waals surface area contributed by atoms with E-state index in [-0.39, 0.29) is 42.8 Å². The van der Waals surface area contributed by atoms with E-state index in [1.807, 2.05) is 26.8 Å². The number of carboxylic acid groups (broad SMARTS) is 1. The Morgan fingerprint density at radius 3 is 2.23 bits per heavy atom. The Bertz CT molecular complexity index is 620. The van der Waals surface area contributed by atoms with Crippen molar-refractivity contribution in [2.24, 2.45) is 5.92 Å². The van der Waals surface area contributed by atoms with Gasteiger partial charge in [0.1, 0.15) is 23.2 Å². The molecule has 1 heterocycles. The number of carbonyl (C=O) groups is 4. The summed E-state index contributed by atoms with van der Waals surface area (Å²) in [6, 6.07) is 0.259. The molecule has 0 saturated carbocycles. The van der Waals surface area contributed by atoms with Crippen molar-refractivity contribution in [3.63, 3.8) is 0 Å². The van der Waals surface area contributed by atoms with Gasteiger partial charge in [-0.2, -0.15) is 0 Å². The summed E-state index contributed by atoms with van der Waals surface area (Å²) in [4.78, 5) is 44.6. The van der Waals surface area contributed by atoms with Crippen LogP contribution in [0.1, 0.15) is 72.6 Å². The quantitative estimate of drug-likeness (QED) is 0.297. The zero-order chi connectivity index (χ0) is 23.3. The lowest BCUT2D eigenvalue weighted by Gasteiger charge is -2.22. The summed E-state index contributed by atoms with van der Waals surface area (Å²) in [5.41, 5.74) is -0.394. The fourth-order valence-electron chi connectivity index (χ4n) is 2.93. The summed E-state index contributed by atoms with van der Waals surface area (Å²) in [5, 5.41) is 12.0. The maximum absolute atomic E-state index is 11.7. The van der Waals surface area contributed by atoms with E-state index >= 15 is 0 Å². The lowest BCUT2D eigenvalue weighted by molar-refractivity contribution is -0.157. The Morgan fingerprint density at radius 2 is 1.77 bits per heavy atom. The van der Waals surface area contributed by atoms with Crippen molar-refractivity contribution in [2.45, 2.75) is 90.3 Å². The molecule has 0 radical (unpaired) electrons. The zero-order valence-corrected chi connectivity index (χ0v) is 18.7. The molecule has 0 amide bonds. The average Bonchev–Trinajstić information content (AvgIpc) is 3.09. The first-order valence-corrected chi connectivity index (χ1v) is 10.4. The summed E-state index contributed by atoms with van der Waals surface area (Å²) in [5.74, 6) is -2.36. The number of nitrogens with one attached hydrogen (secondary N) is 1. The Morgan fingerprint density at radius 1 is 1.13 bits per heavy atom. The van der Waals surface area contributed by atoms with E-state index < -0.39 is 17.5 Å². The number of hydrogen-bond acceptors (Lipinski definition) is 6. The fourth-order valence-corrected chi connectivity index (χ4v) is 2.93. The first kappa shape index (κ1) is 27.7. The van der Waals surface area contributed by atoms with E-state index in [9.17, 15) is 19.2 Å². The van der Waals surface area contributed by atoms with E-state index in [1.165, 1.54) is 6.08 Å². The van der Waals surface area contributed by atoms with Crippen LogP contribution in [-0.4, -0.2) is 46.3 Å². The lowest BCUT2D eigenvalue weighted by Crippen LogP contribution is -2.39. The molecule has 1 aliphatic rings. The van der Waals surface area contributed by atoms with Crippen molar-refractivity contribution >= 4 is 23.5 Å². The molecule has 0 aromatic heterocycles. The average molecular weight is 424 g/mol. The van der Waals surface area contributed by atoms with E-state index in [1.54, 1.807) is 6.92 Å². The van der Waals surface area contributed by atoms with Gasteiger partial charge >= 0.3 is 11.9 Å². The molecular formula is C23H37NO6. The second kappa shape index (κ2) is 13.9. The minimum atomic E-state index is -1.02. The highest BCUT2D eigenvalue weighted by molar-refractivity contribution is 5.99. The molecule has 7 heteroatoms. The SMILES string of the molecule is C=CC[C@@H]1CC[C@@H](C(=O)OC(C)(C)C)N1.C=CC[C@H](CC(=O)CC(=O)CC)C(=O)O. The predicted octanol–water partition coefficient (Wildman–Crippen LogP) is 3.62. The van der Waals surface area contributed by atoms with Crippen molar-refractivity contribution < 1.29 is 29.0 Å². The summed E-state index contributed by atoms with van der Waals surface area (Å²) < 4.78 is 5.32. The van der Waals surface area contributed by atoms with Crippen molar-refractivity contribution in [3.8, 4) is 0 Å². The first-order valence-electron chi connectivity index (χ1n) is 10.4. The standard InChI is InChI=1S/C12H21NO2.C11H16O4/c1-5-6-9-7-8-10(13-9)11(14)15-12(2,3)4;1-3-5-8(11(14)15)6-10(13)7-9(12)4-2/h5,9-10,13H,1,6-8H2,2-4H3;3,8H,1,4-7H2,2H3,(H,14,15)/t9-,10+;8-/m11/s1. The molecule has 30 heavy (non-hydrogen) atoms. The van der Waals surface area contributed by atoms with Gasteiger partial charge in [-0.25, -0.2) is 0 Å². The molecule has 0 unspecified atom stereocenters. The summed E-state index contributed by atoms with van der Waals surface area (Å²) in [7, 11) is 0. The van der Waals surface area contributed by atoms with Crippen molar-refractivity contribution in [1.29, 1.82) is 0 Å². The normalized spacial score (nSPS) is 19.1. The molecule has 170 valence electrons. The summed E-state index contributed by atoms with van der Waals surface area (Å²) in [6.45, 7) is 14.5. The first-order chi connectivity index (χ1) is 13.9. The number of ether oxygens (including phenoxy) is 1. The zero-order valence-electron chi connectivity index (χ0n) is 18.7. The van der Waals surface area contributed by atoms with Gasteiger partial charge in [-0.15, -0.1) is 13.2 Å². The maximum atomic E-state index is 11.7. The Kier molecular flexibility index (Phi) is 12.8. The van der Waals surface area contributed by atoms with Crippen LogP contribution in [-0.2, 0) is 23.9 Å². The van der Waals surface area contributed by atoms with E-state index in [4.69, 9.17) is 9.84 Å². The number of allylic oxidation sites excluding steroid dienone is 1. The van der Waals surface area contributed by atoms with Crippen LogP contribution < -0.4 is 5.32 Å². The molecule has 0 aromatic rings. The molecular weight excluding hydrogens is 386 g/mol. The summed E-state index contributed by atoms with van der Waals surface area (Å²) >= 11 is 0. The van der Waals surface area contributed by atoms with E-state index in [0.29, 0.717) is 12.5 Å². The number of esters is 1. The molecule has 7 nitrogen and oxygen atoms in total. The minimum Gasteiger partial charge on any atom is -0.481 e. The van der Waals surface area contributed by atoms with Crippen LogP contribution in [0.3, 0.4) is 0 Å². The van der Waals surface area contributed by atoms with Gasteiger partial charge in [-0.3, -0.25) is 19.2 Å². The highest BCUT2D eigenvalue weighted by atomic mass is 16.6. The molecule has 1 aliphatic heterocycles. The molecule has 0 aliphatic carbocycles. The largest absolute Gasteiger partial charge is 0.481 e. The third-order valence-corrected chi connectivity index (χ3v) is 4.45. The second-order valence-electron chi connectivity index (χ2n) is 8.42. The minimum absolute atomic E-state index is 0.0902. The van der Waals surface area contributed by atoms with Crippen LogP contribution in [0.5, 0.6) is 0 Å². The van der Waals surface area contributed by atoms with Gasteiger partial charge in [0.05, 0.1) is 12.3 Å². The number of Topliss-reactive ketones (excluding diaryl/α,β-unsaturated/α-hetero) is 2. The van der Waals surface area contributed by atoms with Gasteiger partial charge in [0, 0.05) is 18.9 Å². The number of carboxylic acids is 1. The third kappa shape index (κ3) is 12.3. The number of ketones is 2. The van der Waals surface area contributed by atoms with E-state index in [2.05, 4.69) is 18.5 Å². The molecule has 0 aromatic carbocycles. The lowest BCUT2D eigenvalue weighted by atomic mass is 9.96. The predicted molar refractivity (Wildman–Crippen MR) is 116 cm³/mol. The number of aliphatic carboxylic acids is 1. The van der Waals surface area contributed by atoms with Crippen molar-refractivity contribution in [2.75, 3.05) is 0 Å². The number of hydrogen-bond donors (Lipinski definition) is 2. The highest BCUT2D eigenvalue weighted by Crippen LogP contribution is 2.18. The molecule has 3 atom stereocenters. The molecule has 0 spiro atoms. The van der Waals surface area contributed by atoms with Gasteiger partial charge in [-0.05, 0) is 46.5 Å². The number of carbonyl (C=O) groups excluding carboxylic acids is 3. The Hall–Kier alpha value is -2.28. The molecule has 1 rings (SSSR count). The second-order valence-corrected chi connectivity index (χ2v) is 8.42. The highest BCUT2D eigenvalue weighted by Gasteiger charge is 2.31. The van der Waals surface area contributed by atoms with E-state index in [0.717, 1.165) is 19.3 Å². The van der Waals surface area contributed by atoms with Gasteiger partial charge in [-0.1, -0.05) is 19.1 Å². The van der Waals surface area contributed by atoms with Crippen molar-refractivity contribution in [3.05, 3.63) is 25.3 Å². The van der Waals surface area contributed by atoms with Crippen LogP contribution in [0.4, 0.5) is 0 Å².